The molecule has 158 valence electrons. The quantitative estimate of drug-likeness (QED) is 0.487. The van der Waals surface area contributed by atoms with Crippen LogP contribution in [0.25, 0.3) is 0 Å². The van der Waals surface area contributed by atoms with Crippen LogP contribution >= 0.6 is 0 Å². The van der Waals surface area contributed by atoms with Gasteiger partial charge in [-0.15, -0.1) is 0 Å². The summed E-state index contributed by atoms with van der Waals surface area (Å²) >= 11 is 0. The molecule has 4 nitrogen and oxygen atoms in total. The Bertz CT molecular complexity index is 970. The Hall–Kier alpha value is -2.75. The number of rotatable bonds is 5. The van der Waals surface area contributed by atoms with Crippen LogP contribution in [0, 0.1) is 13.8 Å². The maximum absolute atomic E-state index is 10.1. The predicted molar refractivity (Wildman–Crippen MR) is 124 cm³/mol. The van der Waals surface area contributed by atoms with Crippen LogP contribution in [-0.2, 0) is 6.54 Å². The molecule has 0 saturated heterocycles. The molecule has 1 fully saturated rings. The van der Waals surface area contributed by atoms with Crippen molar-refractivity contribution in [1.29, 1.82) is 0 Å². The van der Waals surface area contributed by atoms with E-state index in [-0.39, 0.29) is 5.75 Å². The van der Waals surface area contributed by atoms with Crippen molar-refractivity contribution in [3.63, 3.8) is 0 Å². The Kier molecular flexibility index (Phi) is 6.41. The zero-order valence-corrected chi connectivity index (χ0v) is 18.2. The van der Waals surface area contributed by atoms with E-state index in [9.17, 15) is 5.11 Å². The van der Waals surface area contributed by atoms with Crippen molar-refractivity contribution < 1.29 is 5.11 Å². The molecule has 0 radical (unpaired) electrons. The number of benzene rings is 2. The number of aromatic hydroxyl groups is 1. The van der Waals surface area contributed by atoms with Gasteiger partial charge in [-0.25, -0.2) is 0 Å². The summed E-state index contributed by atoms with van der Waals surface area (Å²) in [5, 5.41) is 18.1. The minimum Gasteiger partial charge on any atom is -0.508 e. The minimum atomic E-state index is 0.272. The maximum Gasteiger partial charge on any atom is 0.155 e. The van der Waals surface area contributed by atoms with Gasteiger partial charge in [0.15, 0.2) is 5.82 Å². The molecule has 0 spiro atoms. The van der Waals surface area contributed by atoms with Crippen molar-refractivity contribution >= 4 is 11.5 Å². The van der Waals surface area contributed by atoms with Gasteiger partial charge in [-0.3, -0.25) is 5.10 Å². The molecule has 0 atom stereocenters. The highest BCUT2D eigenvalue weighted by Crippen LogP contribution is 2.34. The molecule has 2 aromatic carbocycles. The zero-order valence-electron chi connectivity index (χ0n) is 18.2. The van der Waals surface area contributed by atoms with Crippen LogP contribution in [0.2, 0.25) is 0 Å². The summed E-state index contributed by atoms with van der Waals surface area (Å²) in [6, 6.07) is 16.3. The first-order valence-electron chi connectivity index (χ1n) is 11.3. The number of aryl methyl sites for hydroxylation is 2. The van der Waals surface area contributed by atoms with Gasteiger partial charge in [-0.05, 0) is 49.9 Å². The molecule has 1 aliphatic carbocycles. The molecular weight excluding hydrogens is 370 g/mol. The number of H-pyrrole nitrogens is 1. The minimum absolute atomic E-state index is 0.272. The van der Waals surface area contributed by atoms with E-state index in [1.807, 2.05) is 18.2 Å². The zero-order chi connectivity index (χ0) is 20.9. The van der Waals surface area contributed by atoms with Crippen molar-refractivity contribution in [3.05, 3.63) is 70.9 Å². The lowest BCUT2D eigenvalue weighted by Crippen LogP contribution is -2.17. The van der Waals surface area contributed by atoms with Gasteiger partial charge >= 0.3 is 0 Å². The summed E-state index contributed by atoms with van der Waals surface area (Å²) < 4.78 is 0. The lowest BCUT2D eigenvalue weighted by atomic mass is 9.89. The van der Waals surface area contributed by atoms with Crippen LogP contribution in [0.3, 0.4) is 0 Å². The van der Waals surface area contributed by atoms with E-state index in [4.69, 9.17) is 5.10 Å². The SMILES string of the molecule is Cc1ccc(CN(c2cccc(O)c2)c2cc(C3CCCCCCC3)[nH]n2)c(C)c1. The summed E-state index contributed by atoms with van der Waals surface area (Å²) in [6.45, 7) is 5.00. The number of hydrogen-bond donors (Lipinski definition) is 2. The number of nitrogens with one attached hydrogen (secondary N) is 1. The molecule has 1 aliphatic rings. The second kappa shape index (κ2) is 9.38. The lowest BCUT2D eigenvalue weighted by Gasteiger charge is -2.24. The van der Waals surface area contributed by atoms with Crippen LogP contribution in [-0.4, -0.2) is 15.3 Å². The number of aromatic amines is 1. The Balaban J connectivity index is 1.65. The van der Waals surface area contributed by atoms with E-state index in [0.717, 1.165) is 11.5 Å². The van der Waals surface area contributed by atoms with E-state index in [2.05, 4.69) is 48.1 Å². The summed E-state index contributed by atoms with van der Waals surface area (Å²) in [6.07, 6.45) is 9.16. The first-order valence-corrected chi connectivity index (χ1v) is 11.3. The number of aromatic nitrogens is 2. The van der Waals surface area contributed by atoms with E-state index in [1.165, 1.54) is 67.3 Å². The molecule has 1 saturated carbocycles. The van der Waals surface area contributed by atoms with Crippen molar-refractivity contribution in [2.45, 2.75) is 71.3 Å². The largest absolute Gasteiger partial charge is 0.508 e. The standard InChI is InChI=1S/C26H33N3O/c1-19-13-14-22(20(2)15-19)18-29(23-11-8-12-24(30)16-23)26-17-25(27-28-26)21-9-6-4-3-5-7-10-21/h8,11-17,21,30H,3-7,9-10,18H2,1-2H3,(H,27,28). The smallest absolute Gasteiger partial charge is 0.155 e. The Labute approximate surface area is 180 Å². The maximum atomic E-state index is 10.1. The third-order valence-electron chi connectivity index (χ3n) is 6.37. The lowest BCUT2D eigenvalue weighted by molar-refractivity contribution is 0.449. The van der Waals surface area contributed by atoms with E-state index < -0.39 is 0 Å². The molecule has 3 aromatic rings. The fraction of sp³-hybridized carbons (Fsp3) is 0.423. The van der Waals surface area contributed by atoms with Gasteiger partial charge in [0.2, 0.25) is 0 Å². The predicted octanol–water partition coefficient (Wildman–Crippen LogP) is 6.90. The van der Waals surface area contributed by atoms with Crippen LogP contribution in [0.4, 0.5) is 11.5 Å². The van der Waals surface area contributed by atoms with Crippen molar-refractivity contribution in [1.82, 2.24) is 10.2 Å². The molecular formula is C26H33N3O. The fourth-order valence-corrected chi connectivity index (χ4v) is 4.60. The number of hydrogen-bond acceptors (Lipinski definition) is 3. The monoisotopic (exact) mass is 403 g/mol. The van der Waals surface area contributed by atoms with Crippen molar-refractivity contribution in [2.24, 2.45) is 0 Å². The van der Waals surface area contributed by atoms with Crippen LogP contribution < -0.4 is 4.90 Å². The van der Waals surface area contributed by atoms with Gasteiger partial charge in [0.25, 0.3) is 0 Å². The molecule has 1 aromatic heterocycles. The summed E-state index contributed by atoms with van der Waals surface area (Å²) in [7, 11) is 0. The van der Waals surface area contributed by atoms with E-state index in [1.54, 1.807) is 6.07 Å². The molecule has 0 amide bonds. The molecule has 4 heteroatoms. The average Bonchev–Trinajstić information content (AvgIpc) is 3.17. The van der Waals surface area contributed by atoms with Crippen LogP contribution in [0.15, 0.2) is 48.5 Å². The van der Waals surface area contributed by atoms with E-state index >= 15 is 0 Å². The molecule has 30 heavy (non-hydrogen) atoms. The molecule has 4 rings (SSSR count). The highest BCUT2D eigenvalue weighted by molar-refractivity contribution is 5.62. The second-order valence-electron chi connectivity index (χ2n) is 8.76. The third-order valence-corrected chi connectivity index (χ3v) is 6.37. The van der Waals surface area contributed by atoms with Gasteiger partial charge in [0.1, 0.15) is 5.75 Å². The summed E-state index contributed by atoms with van der Waals surface area (Å²) in [4.78, 5) is 2.19. The Morgan fingerprint density at radius 3 is 2.47 bits per heavy atom. The fourth-order valence-electron chi connectivity index (χ4n) is 4.60. The van der Waals surface area contributed by atoms with E-state index in [0.29, 0.717) is 12.5 Å². The molecule has 1 heterocycles. The van der Waals surface area contributed by atoms with Crippen LogP contribution in [0.5, 0.6) is 5.75 Å². The molecule has 2 N–H and O–H groups in total. The number of phenols is 1. The van der Waals surface area contributed by atoms with Crippen LogP contribution in [0.1, 0.15) is 73.2 Å². The first kappa shape index (κ1) is 20.5. The first-order chi connectivity index (χ1) is 14.6. The van der Waals surface area contributed by atoms with Crippen molar-refractivity contribution in [2.75, 3.05) is 4.90 Å². The van der Waals surface area contributed by atoms with Gasteiger partial charge in [0, 0.05) is 36.0 Å². The molecule has 0 bridgehead atoms. The third kappa shape index (κ3) is 4.86. The summed E-state index contributed by atoms with van der Waals surface area (Å²) in [5.41, 5.74) is 6.00. The molecule has 0 unspecified atom stereocenters. The van der Waals surface area contributed by atoms with Gasteiger partial charge in [-0.2, -0.15) is 5.10 Å². The Morgan fingerprint density at radius 2 is 1.73 bits per heavy atom. The van der Waals surface area contributed by atoms with Gasteiger partial charge in [0.05, 0.1) is 0 Å². The number of anilines is 2. The van der Waals surface area contributed by atoms with Gasteiger partial charge in [-0.1, -0.05) is 61.9 Å². The normalized spacial score (nSPS) is 15.5. The molecule has 0 aliphatic heterocycles. The highest BCUT2D eigenvalue weighted by Gasteiger charge is 2.20. The van der Waals surface area contributed by atoms with Crippen molar-refractivity contribution in [3.8, 4) is 5.75 Å². The topological polar surface area (TPSA) is 52.1 Å². The van der Waals surface area contributed by atoms with Gasteiger partial charge < -0.3 is 10.0 Å². The second-order valence-corrected chi connectivity index (χ2v) is 8.76. The number of phenolic OH excluding ortho intramolecular Hbond substituents is 1. The number of nitrogens with zero attached hydrogens (tertiary/aromatic N) is 2. The Morgan fingerprint density at radius 1 is 0.967 bits per heavy atom. The summed E-state index contributed by atoms with van der Waals surface area (Å²) in [5.74, 6) is 1.75. The average molecular weight is 404 g/mol. The highest BCUT2D eigenvalue weighted by atomic mass is 16.3.